The molecule has 0 bridgehead atoms. The van der Waals surface area contributed by atoms with Crippen LogP contribution in [0.1, 0.15) is 28.4 Å². The highest BCUT2D eigenvalue weighted by molar-refractivity contribution is 6.07. The second-order valence-electron chi connectivity index (χ2n) is 7.66. The standard InChI is InChI=1S/C25H24N4O3/c1-15-5-8-22(16(2)11-15)29-14-26-20-12-18(6-9-23(20)29)25(31)28-21-13-19(27-17(3)30)7-10-24(21)32-4/h5-14H,1-4H3,(H,27,30)(H,28,31). The number of carbonyl (C=O) groups excluding carboxylic acids is 2. The molecule has 1 aromatic heterocycles. The average molecular weight is 428 g/mol. The first-order chi connectivity index (χ1) is 15.4. The molecule has 0 radical (unpaired) electrons. The van der Waals surface area contributed by atoms with E-state index in [1.807, 2.05) is 10.6 Å². The molecule has 0 unspecified atom stereocenters. The Labute approximate surface area is 186 Å². The molecule has 0 aliphatic rings. The van der Waals surface area contributed by atoms with Gasteiger partial charge in [0.1, 0.15) is 12.1 Å². The number of nitrogens with zero attached hydrogens (tertiary/aromatic N) is 2. The SMILES string of the molecule is COc1ccc(NC(C)=O)cc1NC(=O)c1ccc2c(c1)ncn2-c1ccc(C)cc1C. The van der Waals surface area contributed by atoms with E-state index < -0.39 is 0 Å². The summed E-state index contributed by atoms with van der Waals surface area (Å²) in [6.45, 7) is 5.56. The number of methoxy groups -OCH3 is 1. The van der Waals surface area contributed by atoms with Crippen LogP contribution in [0.4, 0.5) is 11.4 Å². The van der Waals surface area contributed by atoms with Crippen LogP contribution in [0.3, 0.4) is 0 Å². The van der Waals surface area contributed by atoms with Crippen LogP contribution in [0.25, 0.3) is 16.7 Å². The highest BCUT2D eigenvalue weighted by Crippen LogP contribution is 2.29. The molecule has 0 fully saturated rings. The van der Waals surface area contributed by atoms with Crippen molar-refractivity contribution in [2.45, 2.75) is 20.8 Å². The third-order valence-corrected chi connectivity index (χ3v) is 5.19. The van der Waals surface area contributed by atoms with E-state index in [-0.39, 0.29) is 11.8 Å². The number of carbonyl (C=O) groups is 2. The normalized spacial score (nSPS) is 10.8. The van der Waals surface area contributed by atoms with E-state index in [0.29, 0.717) is 22.7 Å². The van der Waals surface area contributed by atoms with Crippen LogP contribution in [-0.4, -0.2) is 28.5 Å². The summed E-state index contributed by atoms with van der Waals surface area (Å²) in [7, 11) is 1.52. The van der Waals surface area contributed by atoms with Gasteiger partial charge in [0.2, 0.25) is 5.91 Å². The zero-order valence-corrected chi connectivity index (χ0v) is 18.4. The third kappa shape index (κ3) is 4.18. The third-order valence-electron chi connectivity index (χ3n) is 5.19. The van der Waals surface area contributed by atoms with Crippen molar-refractivity contribution in [3.8, 4) is 11.4 Å². The van der Waals surface area contributed by atoms with Crippen LogP contribution in [0.5, 0.6) is 5.75 Å². The Hall–Kier alpha value is -4.13. The van der Waals surface area contributed by atoms with E-state index in [1.165, 1.54) is 19.6 Å². The average Bonchev–Trinajstić information content (AvgIpc) is 3.16. The van der Waals surface area contributed by atoms with Gasteiger partial charge in [-0.15, -0.1) is 0 Å². The number of amides is 2. The molecule has 4 rings (SSSR count). The molecule has 0 aliphatic heterocycles. The molecule has 1 heterocycles. The fraction of sp³-hybridized carbons (Fsp3) is 0.160. The predicted octanol–water partition coefficient (Wildman–Crippen LogP) is 4.86. The first-order valence-electron chi connectivity index (χ1n) is 10.2. The Morgan fingerprint density at radius 2 is 1.78 bits per heavy atom. The van der Waals surface area contributed by atoms with Gasteiger partial charge < -0.3 is 15.4 Å². The van der Waals surface area contributed by atoms with Crippen molar-refractivity contribution < 1.29 is 14.3 Å². The molecule has 3 aromatic carbocycles. The Kier molecular flexibility index (Phi) is 5.64. The largest absolute Gasteiger partial charge is 0.495 e. The summed E-state index contributed by atoms with van der Waals surface area (Å²) < 4.78 is 7.36. The number of hydrogen-bond acceptors (Lipinski definition) is 4. The number of nitrogens with one attached hydrogen (secondary N) is 2. The maximum atomic E-state index is 12.9. The van der Waals surface area contributed by atoms with Crippen molar-refractivity contribution >= 4 is 34.2 Å². The number of aromatic nitrogens is 2. The van der Waals surface area contributed by atoms with Crippen molar-refractivity contribution in [2.75, 3.05) is 17.7 Å². The lowest BCUT2D eigenvalue weighted by Gasteiger charge is -2.13. The van der Waals surface area contributed by atoms with Crippen LogP contribution < -0.4 is 15.4 Å². The molecular formula is C25H24N4O3. The molecule has 0 spiro atoms. The lowest BCUT2D eigenvalue weighted by Crippen LogP contribution is -2.13. The molecule has 0 saturated heterocycles. The van der Waals surface area contributed by atoms with Crippen molar-refractivity contribution in [1.29, 1.82) is 0 Å². The summed E-state index contributed by atoms with van der Waals surface area (Å²) in [4.78, 5) is 28.8. The second kappa shape index (κ2) is 8.55. The van der Waals surface area contributed by atoms with Crippen LogP contribution in [0.15, 0.2) is 60.9 Å². The number of benzene rings is 3. The quantitative estimate of drug-likeness (QED) is 0.475. The Morgan fingerprint density at radius 1 is 0.969 bits per heavy atom. The summed E-state index contributed by atoms with van der Waals surface area (Å²) in [5.41, 5.74) is 6.53. The smallest absolute Gasteiger partial charge is 0.255 e. The molecule has 4 aromatic rings. The molecule has 32 heavy (non-hydrogen) atoms. The molecule has 0 aliphatic carbocycles. The highest BCUT2D eigenvalue weighted by Gasteiger charge is 2.14. The van der Waals surface area contributed by atoms with Crippen LogP contribution in [0, 0.1) is 13.8 Å². The minimum atomic E-state index is -0.300. The van der Waals surface area contributed by atoms with Crippen LogP contribution in [-0.2, 0) is 4.79 Å². The molecule has 0 atom stereocenters. The van der Waals surface area contributed by atoms with E-state index in [9.17, 15) is 9.59 Å². The van der Waals surface area contributed by atoms with Gasteiger partial charge in [0.05, 0.1) is 29.5 Å². The van der Waals surface area contributed by atoms with E-state index in [4.69, 9.17) is 4.74 Å². The molecule has 0 saturated carbocycles. The molecule has 162 valence electrons. The molecular weight excluding hydrogens is 404 g/mol. The maximum absolute atomic E-state index is 12.9. The van der Waals surface area contributed by atoms with Gasteiger partial charge in [-0.2, -0.15) is 0 Å². The van der Waals surface area contributed by atoms with Gasteiger partial charge in [0.15, 0.2) is 0 Å². The number of aryl methyl sites for hydroxylation is 2. The van der Waals surface area contributed by atoms with Gasteiger partial charge in [-0.3, -0.25) is 14.2 Å². The van der Waals surface area contributed by atoms with E-state index in [0.717, 1.165) is 22.3 Å². The lowest BCUT2D eigenvalue weighted by molar-refractivity contribution is -0.114. The molecule has 7 nitrogen and oxygen atoms in total. The summed E-state index contributed by atoms with van der Waals surface area (Å²) >= 11 is 0. The lowest BCUT2D eigenvalue weighted by atomic mass is 10.1. The summed E-state index contributed by atoms with van der Waals surface area (Å²) in [5.74, 6) is -0.00353. The summed E-state index contributed by atoms with van der Waals surface area (Å²) in [6, 6.07) is 16.7. The van der Waals surface area contributed by atoms with E-state index in [1.54, 1.807) is 36.7 Å². The first-order valence-corrected chi connectivity index (χ1v) is 10.2. The summed E-state index contributed by atoms with van der Waals surface area (Å²) in [5, 5.41) is 5.56. The topological polar surface area (TPSA) is 85.2 Å². The number of rotatable bonds is 5. The van der Waals surface area contributed by atoms with E-state index in [2.05, 4.69) is 47.7 Å². The van der Waals surface area contributed by atoms with Gasteiger partial charge in [-0.25, -0.2) is 4.98 Å². The van der Waals surface area contributed by atoms with Gasteiger partial charge in [0, 0.05) is 18.2 Å². The van der Waals surface area contributed by atoms with Crippen LogP contribution >= 0.6 is 0 Å². The van der Waals surface area contributed by atoms with Crippen LogP contribution in [0.2, 0.25) is 0 Å². The minimum absolute atomic E-state index is 0.197. The molecule has 7 heteroatoms. The number of fused-ring (bicyclic) bond motifs is 1. The number of hydrogen-bond donors (Lipinski definition) is 2. The monoisotopic (exact) mass is 428 g/mol. The van der Waals surface area contributed by atoms with Gasteiger partial charge >= 0.3 is 0 Å². The Bertz CT molecular complexity index is 1340. The second-order valence-corrected chi connectivity index (χ2v) is 7.66. The van der Waals surface area contributed by atoms with Crippen molar-refractivity contribution in [3.63, 3.8) is 0 Å². The fourth-order valence-corrected chi connectivity index (χ4v) is 3.70. The molecule has 2 amide bonds. The van der Waals surface area contributed by atoms with Gasteiger partial charge in [-0.1, -0.05) is 17.7 Å². The fourth-order valence-electron chi connectivity index (χ4n) is 3.70. The number of ether oxygens (including phenoxy) is 1. The zero-order chi connectivity index (χ0) is 22.8. The Morgan fingerprint density at radius 3 is 2.50 bits per heavy atom. The zero-order valence-electron chi connectivity index (χ0n) is 18.4. The van der Waals surface area contributed by atoms with Gasteiger partial charge in [0.25, 0.3) is 5.91 Å². The Balaban J connectivity index is 1.63. The number of imidazole rings is 1. The van der Waals surface area contributed by atoms with Crippen molar-refractivity contribution in [3.05, 3.63) is 77.6 Å². The van der Waals surface area contributed by atoms with Crippen molar-refractivity contribution in [2.24, 2.45) is 0 Å². The maximum Gasteiger partial charge on any atom is 0.255 e. The molecule has 2 N–H and O–H groups in total. The first kappa shape index (κ1) is 21.1. The summed E-state index contributed by atoms with van der Waals surface area (Å²) in [6.07, 6.45) is 1.77. The highest BCUT2D eigenvalue weighted by atomic mass is 16.5. The van der Waals surface area contributed by atoms with E-state index >= 15 is 0 Å². The number of anilines is 2. The van der Waals surface area contributed by atoms with Crippen molar-refractivity contribution in [1.82, 2.24) is 9.55 Å². The predicted molar refractivity (Wildman–Crippen MR) is 126 cm³/mol. The van der Waals surface area contributed by atoms with Gasteiger partial charge in [-0.05, 0) is 61.9 Å². The minimum Gasteiger partial charge on any atom is -0.495 e.